The average Bonchev–Trinajstić information content (AvgIpc) is 2.95. The van der Waals surface area contributed by atoms with Gasteiger partial charge in [-0.25, -0.2) is 9.78 Å². The van der Waals surface area contributed by atoms with Gasteiger partial charge in [-0.2, -0.15) is 0 Å². The molecule has 0 aliphatic rings. The molecule has 2 aromatic rings. The van der Waals surface area contributed by atoms with Crippen LogP contribution in [0.2, 0.25) is 5.02 Å². The highest BCUT2D eigenvalue weighted by Gasteiger charge is 2.12. The third-order valence-corrected chi connectivity index (χ3v) is 4.04. The molecular weight excluding hydrogens is 348 g/mol. The van der Waals surface area contributed by atoms with Crippen molar-refractivity contribution in [3.8, 4) is 0 Å². The summed E-state index contributed by atoms with van der Waals surface area (Å²) in [6.45, 7) is 4.79. The summed E-state index contributed by atoms with van der Waals surface area (Å²) >= 11 is 7.05. The largest absolute Gasteiger partial charge is 0.351 e. The number of carbonyl (C=O) groups is 2. The third-order valence-electron chi connectivity index (χ3n) is 3.05. The highest BCUT2D eigenvalue weighted by molar-refractivity contribution is 7.14. The quantitative estimate of drug-likeness (QED) is 0.715. The SMILES string of the molecule is CC(C)CCNC(=O)c1csc(NC(=O)Nc2cccc(Cl)c2)n1. The Balaban J connectivity index is 1.86. The van der Waals surface area contributed by atoms with Crippen molar-refractivity contribution < 1.29 is 9.59 Å². The fraction of sp³-hybridized carbons (Fsp3) is 0.312. The highest BCUT2D eigenvalue weighted by Crippen LogP contribution is 2.18. The number of hydrogen-bond donors (Lipinski definition) is 3. The zero-order chi connectivity index (χ0) is 17.5. The second-order valence-electron chi connectivity index (χ2n) is 5.57. The maximum atomic E-state index is 11.9. The lowest BCUT2D eigenvalue weighted by atomic mass is 10.1. The summed E-state index contributed by atoms with van der Waals surface area (Å²) in [6, 6.07) is 6.37. The number of urea groups is 1. The molecule has 128 valence electrons. The molecule has 8 heteroatoms. The Bertz CT molecular complexity index is 718. The van der Waals surface area contributed by atoms with Crippen molar-refractivity contribution in [2.24, 2.45) is 5.92 Å². The molecule has 0 atom stereocenters. The third kappa shape index (κ3) is 5.82. The minimum absolute atomic E-state index is 0.241. The van der Waals surface area contributed by atoms with E-state index in [1.165, 1.54) is 11.3 Å². The molecular formula is C16H19ClN4O2S. The number of aromatic nitrogens is 1. The first-order valence-electron chi connectivity index (χ1n) is 7.51. The molecule has 0 aliphatic carbocycles. The van der Waals surface area contributed by atoms with Gasteiger partial charge in [0.05, 0.1) is 0 Å². The smallest absolute Gasteiger partial charge is 0.325 e. The van der Waals surface area contributed by atoms with Crippen molar-refractivity contribution in [1.29, 1.82) is 0 Å². The van der Waals surface area contributed by atoms with Crippen molar-refractivity contribution in [1.82, 2.24) is 10.3 Å². The van der Waals surface area contributed by atoms with Crippen molar-refractivity contribution >= 4 is 45.7 Å². The van der Waals surface area contributed by atoms with Crippen LogP contribution in [0.25, 0.3) is 0 Å². The van der Waals surface area contributed by atoms with Crippen LogP contribution in [0.4, 0.5) is 15.6 Å². The Morgan fingerprint density at radius 2 is 2.08 bits per heavy atom. The van der Waals surface area contributed by atoms with Gasteiger partial charge in [0.2, 0.25) is 0 Å². The Kier molecular flexibility index (Phi) is 6.57. The van der Waals surface area contributed by atoms with Crippen LogP contribution in [0.15, 0.2) is 29.6 Å². The second-order valence-corrected chi connectivity index (χ2v) is 6.86. The van der Waals surface area contributed by atoms with E-state index in [-0.39, 0.29) is 5.91 Å². The van der Waals surface area contributed by atoms with Gasteiger partial charge in [-0.05, 0) is 30.5 Å². The van der Waals surface area contributed by atoms with Crippen molar-refractivity contribution in [3.05, 3.63) is 40.4 Å². The molecule has 2 rings (SSSR count). The summed E-state index contributed by atoms with van der Waals surface area (Å²) in [4.78, 5) is 28.0. The van der Waals surface area contributed by atoms with Gasteiger partial charge in [-0.3, -0.25) is 10.1 Å². The lowest BCUT2D eigenvalue weighted by Crippen LogP contribution is -2.25. The van der Waals surface area contributed by atoms with Crippen LogP contribution in [0.3, 0.4) is 0 Å². The summed E-state index contributed by atoms with van der Waals surface area (Å²) in [5.41, 5.74) is 0.866. The lowest BCUT2D eigenvalue weighted by molar-refractivity contribution is 0.0947. The summed E-state index contributed by atoms with van der Waals surface area (Å²) in [6.07, 6.45) is 0.906. The lowest BCUT2D eigenvalue weighted by Gasteiger charge is -2.06. The number of anilines is 2. The molecule has 0 saturated heterocycles. The van der Waals surface area contributed by atoms with Crippen LogP contribution >= 0.6 is 22.9 Å². The van der Waals surface area contributed by atoms with E-state index in [1.54, 1.807) is 29.6 Å². The van der Waals surface area contributed by atoms with Crippen LogP contribution in [0, 0.1) is 5.92 Å². The molecule has 0 unspecified atom stereocenters. The monoisotopic (exact) mass is 366 g/mol. The van der Waals surface area contributed by atoms with Gasteiger partial charge in [0.15, 0.2) is 5.13 Å². The molecule has 0 spiro atoms. The number of nitrogens with zero attached hydrogens (tertiary/aromatic N) is 1. The van der Waals surface area contributed by atoms with Gasteiger partial charge in [0.25, 0.3) is 5.91 Å². The summed E-state index contributed by atoms with van der Waals surface area (Å²) in [5.74, 6) is 0.281. The first-order valence-corrected chi connectivity index (χ1v) is 8.77. The van der Waals surface area contributed by atoms with Gasteiger partial charge in [0.1, 0.15) is 5.69 Å². The molecule has 6 nitrogen and oxygen atoms in total. The normalized spacial score (nSPS) is 10.5. The predicted octanol–water partition coefficient (Wildman–Crippen LogP) is 4.22. The molecule has 1 aromatic carbocycles. The van der Waals surface area contributed by atoms with E-state index in [0.29, 0.717) is 34.0 Å². The maximum Gasteiger partial charge on any atom is 0.325 e. The van der Waals surface area contributed by atoms with E-state index in [2.05, 4.69) is 34.8 Å². The topological polar surface area (TPSA) is 83.1 Å². The van der Waals surface area contributed by atoms with Crippen molar-refractivity contribution in [2.45, 2.75) is 20.3 Å². The molecule has 3 N–H and O–H groups in total. The number of nitrogens with one attached hydrogen (secondary N) is 3. The zero-order valence-corrected chi connectivity index (χ0v) is 15.0. The number of benzene rings is 1. The molecule has 3 amide bonds. The van der Waals surface area contributed by atoms with E-state index >= 15 is 0 Å². The van der Waals surface area contributed by atoms with E-state index in [0.717, 1.165) is 6.42 Å². The Morgan fingerprint density at radius 1 is 1.29 bits per heavy atom. The van der Waals surface area contributed by atoms with Crippen molar-refractivity contribution in [2.75, 3.05) is 17.2 Å². The average molecular weight is 367 g/mol. The van der Waals surface area contributed by atoms with E-state index in [9.17, 15) is 9.59 Å². The van der Waals surface area contributed by atoms with Crippen LogP contribution in [-0.4, -0.2) is 23.5 Å². The summed E-state index contributed by atoms with van der Waals surface area (Å²) < 4.78 is 0. The molecule has 0 fully saturated rings. The van der Waals surface area contributed by atoms with E-state index < -0.39 is 6.03 Å². The number of carbonyl (C=O) groups excluding carboxylic acids is 2. The van der Waals surface area contributed by atoms with Gasteiger partial charge in [-0.15, -0.1) is 11.3 Å². The van der Waals surface area contributed by atoms with Crippen LogP contribution in [0.1, 0.15) is 30.8 Å². The van der Waals surface area contributed by atoms with Gasteiger partial charge < -0.3 is 10.6 Å². The predicted molar refractivity (Wildman–Crippen MR) is 98.0 cm³/mol. The second kappa shape index (κ2) is 8.65. The summed E-state index contributed by atoms with van der Waals surface area (Å²) in [7, 11) is 0. The molecule has 0 bridgehead atoms. The minimum Gasteiger partial charge on any atom is -0.351 e. The fourth-order valence-corrected chi connectivity index (χ4v) is 2.70. The number of halogens is 1. The molecule has 24 heavy (non-hydrogen) atoms. The summed E-state index contributed by atoms with van der Waals surface area (Å²) in [5, 5.41) is 10.5. The molecule has 0 aliphatic heterocycles. The van der Waals surface area contributed by atoms with Crippen LogP contribution in [-0.2, 0) is 0 Å². The Hall–Kier alpha value is -2.12. The first kappa shape index (κ1) is 18.2. The first-order chi connectivity index (χ1) is 11.4. The number of hydrogen-bond acceptors (Lipinski definition) is 4. The standard InChI is InChI=1S/C16H19ClN4O2S/c1-10(2)6-7-18-14(22)13-9-24-16(20-13)21-15(23)19-12-5-3-4-11(17)8-12/h3-5,8-10H,6-7H2,1-2H3,(H,18,22)(H2,19,20,21,23). The van der Waals surface area contributed by atoms with Gasteiger partial charge in [-0.1, -0.05) is 31.5 Å². The van der Waals surface area contributed by atoms with E-state index in [1.807, 2.05) is 0 Å². The van der Waals surface area contributed by atoms with Crippen molar-refractivity contribution in [3.63, 3.8) is 0 Å². The zero-order valence-electron chi connectivity index (χ0n) is 13.4. The minimum atomic E-state index is -0.446. The molecule has 0 radical (unpaired) electrons. The Morgan fingerprint density at radius 3 is 2.79 bits per heavy atom. The number of thiazole rings is 1. The fourth-order valence-electron chi connectivity index (χ4n) is 1.83. The molecule has 1 heterocycles. The van der Waals surface area contributed by atoms with Crippen LogP contribution in [0.5, 0.6) is 0 Å². The number of rotatable bonds is 6. The Labute approximate surface area is 149 Å². The van der Waals surface area contributed by atoms with Gasteiger partial charge >= 0.3 is 6.03 Å². The molecule has 1 aromatic heterocycles. The highest BCUT2D eigenvalue weighted by atomic mass is 35.5. The maximum absolute atomic E-state index is 11.9. The van der Waals surface area contributed by atoms with E-state index in [4.69, 9.17) is 11.6 Å². The number of amides is 3. The molecule has 0 saturated carbocycles. The van der Waals surface area contributed by atoms with Gasteiger partial charge in [0, 0.05) is 22.6 Å². The van der Waals surface area contributed by atoms with Crippen LogP contribution < -0.4 is 16.0 Å².